The number of benzene rings is 4. The lowest BCUT2D eigenvalue weighted by atomic mass is 9.86. The number of pyridine rings is 1. The second-order valence-electron chi connectivity index (χ2n) is 17.8. The van der Waals surface area contributed by atoms with Crippen molar-refractivity contribution >= 4 is 61.5 Å². The number of methoxy groups -OCH3 is 2. The molecule has 362 valence electrons. The maximum Gasteiger partial charge on any atom is 0.323 e. The van der Waals surface area contributed by atoms with Gasteiger partial charge in [0.15, 0.2) is 11.5 Å². The number of rotatable bonds is 20. The molecule has 6 rings (SSSR count). The fourth-order valence-electron chi connectivity index (χ4n) is 8.00. The predicted octanol–water partition coefficient (Wildman–Crippen LogP) is 7.64. The van der Waals surface area contributed by atoms with E-state index in [0.717, 1.165) is 35.0 Å². The number of carbonyl (C=O) groups excluding carboxylic acids is 3. The molecule has 18 heteroatoms. The summed E-state index contributed by atoms with van der Waals surface area (Å²) in [6, 6.07) is 22.1. The van der Waals surface area contributed by atoms with Gasteiger partial charge < -0.3 is 40.6 Å². The van der Waals surface area contributed by atoms with Gasteiger partial charge >= 0.3 is 12.0 Å². The number of nitrogens with one attached hydrogen (secondary N) is 3. The third-order valence-corrected chi connectivity index (χ3v) is 12.2. The highest BCUT2D eigenvalue weighted by Gasteiger charge is 2.24. The number of carboxylic acid groups (broad SMARTS) is 1. The first-order chi connectivity index (χ1) is 32.3. The number of ether oxygens (including phenoxy) is 3. The summed E-state index contributed by atoms with van der Waals surface area (Å²) >= 11 is 0. The Bertz CT molecular complexity index is 2750. The van der Waals surface area contributed by atoms with E-state index in [0.29, 0.717) is 85.7 Å². The van der Waals surface area contributed by atoms with Crippen LogP contribution in [0.4, 0.5) is 21.9 Å². The van der Waals surface area contributed by atoms with Crippen molar-refractivity contribution in [1.82, 2.24) is 14.8 Å². The summed E-state index contributed by atoms with van der Waals surface area (Å²) in [6.07, 6.45) is 5.13. The molecule has 68 heavy (non-hydrogen) atoms. The summed E-state index contributed by atoms with van der Waals surface area (Å²) < 4.78 is 44.6. The zero-order chi connectivity index (χ0) is 49.2. The van der Waals surface area contributed by atoms with Crippen LogP contribution in [-0.2, 0) is 31.4 Å². The molecule has 0 aliphatic carbocycles. The molecular weight excluding hydrogens is 891 g/mol. The van der Waals surface area contributed by atoms with Crippen LogP contribution < -0.4 is 35.3 Å². The minimum atomic E-state index is -3.66. The molecule has 1 fully saturated rings. The predicted molar refractivity (Wildman–Crippen MR) is 263 cm³/mol. The Kier molecular flexibility index (Phi) is 16.7. The number of piperazine rings is 1. The summed E-state index contributed by atoms with van der Waals surface area (Å²) in [7, 11) is -0.713. The fraction of sp³-hybridized carbons (Fsp3) is 0.380. The smallest absolute Gasteiger partial charge is 0.323 e. The second-order valence-corrected chi connectivity index (χ2v) is 19.6. The van der Waals surface area contributed by atoms with Crippen LogP contribution in [0, 0.1) is 0 Å². The Morgan fingerprint density at radius 3 is 2.21 bits per heavy atom. The molecule has 2 heterocycles. The molecule has 0 bridgehead atoms. The van der Waals surface area contributed by atoms with Crippen LogP contribution in [0.15, 0.2) is 85.1 Å². The van der Waals surface area contributed by atoms with Crippen LogP contribution in [0.2, 0.25) is 0 Å². The van der Waals surface area contributed by atoms with Crippen molar-refractivity contribution in [2.24, 2.45) is 5.73 Å². The molecule has 0 unspecified atom stereocenters. The van der Waals surface area contributed by atoms with Gasteiger partial charge in [-0.25, -0.2) is 13.2 Å². The molecule has 1 aliphatic heterocycles. The van der Waals surface area contributed by atoms with Gasteiger partial charge in [-0.1, -0.05) is 51.1 Å². The second kappa shape index (κ2) is 22.4. The lowest BCUT2D eigenvalue weighted by molar-refractivity contribution is -0.139. The number of urea groups is 1. The molecule has 17 nitrogen and oxygen atoms in total. The van der Waals surface area contributed by atoms with Crippen LogP contribution in [-0.4, -0.2) is 111 Å². The first-order valence-corrected chi connectivity index (χ1v) is 24.3. The standard InChI is InChI=1S/C50H61N7O10S/c1-50(2,3)33-29-41(47(66-5)42(30-33)55-68(6,63)64)54-49(62)53-40-18-19-44(37-12-8-7-11-36(37)40)67-35-20-21-52-34(31-35)27-32-16-17-38(45(28-32)65-4)43(58)14-10-22-56-23-25-57(26-24-56)46(59)15-9-13-39(51)48(60)61/h7-8,11-12,16-21,28-31,39,55H,9-10,13-15,22-27,51H2,1-6H3,(H,60,61)(H2,53,54,62)/t39-/m1/s1. The third kappa shape index (κ3) is 13.7. The monoisotopic (exact) mass is 951 g/mol. The van der Waals surface area contributed by atoms with E-state index in [1.54, 1.807) is 54.6 Å². The van der Waals surface area contributed by atoms with E-state index in [4.69, 9.17) is 25.1 Å². The van der Waals surface area contributed by atoms with Crippen LogP contribution >= 0.6 is 0 Å². The zero-order valence-corrected chi connectivity index (χ0v) is 40.2. The number of carbonyl (C=O) groups is 4. The molecular formula is C50H61N7O10S. The van der Waals surface area contributed by atoms with Gasteiger partial charge in [0.05, 0.1) is 43.1 Å². The summed E-state index contributed by atoms with van der Waals surface area (Å²) in [6.45, 7) is 9.25. The number of anilines is 3. The van der Waals surface area contributed by atoms with Crippen molar-refractivity contribution in [1.29, 1.82) is 0 Å². The number of hydrogen-bond acceptors (Lipinski definition) is 12. The zero-order valence-electron chi connectivity index (χ0n) is 39.4. The number of sulfonamides is 1. The quantitative estimate of drug-likeness (QED) is 0.0473. The van der Waals surface area contributed by atoms with Gasteiger partial charge in [0.25, 0.3) is 0 Å². The van der Waals surface area contributed by atoms with Crippen LogP contribution in [0.3, 0.4) is 0 Å². The first kappa shape index (κ1) is 50.6. The topological polar surface area (TPSA) is 232 Å². The lowest BCUT2D eigenvalue weighted by Crippen LogP contribution is -2.48. The molecule has 0 spiro atoms. The normalized spacial score (nSPS) is 13.7. The van der Waals surface area contributed by atoms with Crippen molar-refractivity contribution in [3.05, 3.63) is 107 Å². The minimum absolute atomic E-state index is 0.00649. The number of Topliss-reactive ketones (excluding diaryl/α,β-unsaturated/α-hetero) is 1. The van der Waals surface area contributed by atoms with Crippen molar-refractivity contribution in [3.8, 4) is 23.0 Å². The molecule has 4 aromatic carbocycles. The van der Waals surface area contributed by atoms with E-state index in [2.05, 4.69) is 25.2 Å². The van der Waals surface area contributed by atoms with Gasteiger partial charge in [-0.2, -0.15) is 0 Å². The maximum absolute atomic E-state index is 13.6. The highest BCUT2D eigenvalue weighted by atomic mass is 32.2. The largest absolute Gasteiger partial charge is 0.496 e. The van der Waals surface area contributed by atoms with Crippen molar-refractivity contribution < 1.29 is 46.9 Å². The van der Waals surface area contributed by atoms with Gasteiger partial charge in [0.1, 0.15) is 23.3 Å². The molecule has 6 N–H and O–H groups in total. The molecule has 1 saturated heterocycles. The molecule has 0 saturated carbocycles. The average molecular weight is 952 g/mol. The Balaban J connectivity index is 1.05. The number of amides is 3. The Hall–Kier alpha value is -6.76. The summed E-state index contributed by atoms with van der Waals surface area (Å²) in [5.41, 5.74) is 9.07. The Morgan fingerprint density at radius 2 is 1.53 bits per heavy atom. The summed E-state index contributed by atoms with van der Waals surface area (Å²) in [4.78, 5) is 59.1. The van der Waals surface area contributed by atoms with Crippen LogP contribution in [0.1, 0.15) is 80.1 Å². The average Bonchev–Trinajstić information content (AvgIpc) is 3.29. The number of hydrogen-bond donors (Lipinski definition) is 5. The van der Waals surface area contributed by atoms with Gasteiger partial charge in [0.2, 0.25) is 15.9 Å². The van der Waals surface area contributed by atoms with Gasteiger partial charge in [-0.3, -0.25) is 29.0 Å². The number of aromatic nitrogens is 1. The van der Waals surface area contributed by atoms with Crippen LogP contribution in [0.5, 0.6) is 23.0 Å². The van der Waals surface area contributed by atoms with Crippen molar-refractivity contribution in [2.75, 3.05) is 68.6 Å². The Morgan fingerprint density at radius 1 is 0.824 bits per heavy atom. The molecule has 1 aromatic heterocycles. The minimum Gasteiger partial charge on any atom is -0.496 e. The van der Waals surface area contributed by atoms with Gasteiger partial charge in [-0.15, -0.1) is 0 Å². The van der Waals surface area contributed by atoms with Gasteiger partial charge in [-0.05, 0) is 84.8 Å². The number of carboxylic acids is 1. The molecule has 1 aliphatic rings. The SMILES string of the molecule is COc1cc(Cc2cc(Oc3ccc(NC(=O)Nc4cc(C(C)(C)C)cc(NS(C)(=O)=O)c4OC)c4ccccc34)ccn2)ccc1C(=O)CCCN1CCN(C(=O)CCC[C@@H](N)C(=O)O)CC1. The third-order valence-electron chi connectivity index (χ3n) is 11.6. The number of aliphatic carboxylic acids is 1. The molecule has 3 amide bonds. The van der Waals surface area contributed by atoms with Crippen molar-refractivity contribution in [3.63, 3.8) is 0 Å². The van der Waals surface area contributed by atoms with Crippen molar-refractivity contribution in [2.45, 2.75) is 70.8 Å². The number of nitrogens with two attached hydrogens (primary N) is 1. The highest BCUT2D eigenvalue weighted by molar-refractivity contribution is 7.92. The molecule has 0 radical (unpaired) electrons. The summed E-state index contributed by atoms with van der Waals surface area (Å²) in [5, 5.41) is 16.2. The van der Waals surface area contributed by atoms with Crippen LogP contribution in [0.25, 0.3) is 10.8 Å². The lowest BCUT2D eigenvalue weighted by Gasteiger charge is -2.34. The Labute approximate surface area is 397 Å². The fourth-order valence-corrected chi connectivity index (χ4v) is 8.55. The van der Waals surface area contributed by atoms with E-state index in [-0.39, 0.29) is 47.1 Å². The number of fused-ring (bicyclic) bond motifs is 1. The molecule has 5 aromatic rings. The van der Waals surface area contributed by atoms with E-state index >= 15 is 0 Å². The number of ketones is 1. The summed E-state index contributed by atoms with van der Waals surface area (Å²) in [5.74, 6) is 0.669. The van der Waals surface area contributed by atoms with E-state index in [1.165, 1.54) is 7.11 Å². The highest BCUT2D eigenvalue weighted by Crippen LogP contribution is 2.40. The first-order valence-electron chi connectivity index (χ1n) is 22.4. The van der Waals surface area contributed by atoms with Gasteiger partial charge in [0, 0.05) is 74.2 Å². The maximum atomic E-state index is 13.6. The number of nitrogens with zero attached hydrogens (tertiary/aromatic N) is 3. The van der Waals surface area contributed by atoms with E-state index in [1.807, 2.05) is 63.2 Å². The van der Waals surface area contributed by atoms with E-state index < -0.39 is 28.1 Å². The molecule has 1 atom stereocenters. The van der Waals surface area contributed by atoms with E-state index in [9.17, 15) is 27.6 Å².